The molecule has 0 aliphatic rings. The topological polar surface area (TPSA) is 61.4 Å². The van der Waals surface area contributed by atoms with Gasteiger partial charge in [0.1, 0.15) is 5.75 Å². The van der Waals surface area contributed by atoms with Crippen LogP contribution in [0.4, 0.5) is 4.79 Å². The lowest BCUT2D eigenvalue weighted by Gasteiger charge is -2.26. The first-order valence-electron chi connectivity index (χ1n) is 10.8. The third-order valence-electron chi connectivity index (χ3n) is 5.46. The first-order valence-corrected chi connectivity index (χ1v) is 10.8. The van der Waals surface area contributed by atoms with E-state index in [4.69, 9.17) is 0 Å². The van der Waals surface area contributed by atoms with Crippen molar-refractivity contribution < 1.29 is 9.90 Å². The summed E-state index contributed by atoms with van der Waals surface area (Å²) in [5.41, 5.74) is 3.97. The van der Waals surface area contributed by atoms with E-state index in [0.29, 0.717) is 18.8 Å². The molecule has 4 heteroatoms. The molecular weight excluding hydrogens is 360 g/mol. The number of nitrogens with one attached hydrogen (secondary N) is 2. The Balaban J connectivity index is 2.11. The quantitative estimate of drug-likeness (QED) is 0.423. The molecule has 0 saturated carbocycles. The predicted octanol–water partition coefficient (Wildman–Crippen LogP) is 6.13. The molecule has 0 spiro atoms. The third-order valence-corrected chi connectivity index (χ3v) is 5.46. The molecule has 2 rings (SSSR count). The summed E-state index contributed by atoms with van der Waals surface area (Å²) >= 11 is 0. The Morgan fingerprint density at radius 3 is 2.48 bits per heavy atom. The highest BCUT2D eigenvalue weighted by atomic mass is 16.3. The van der Waals surface area contributed by atoms with E-state index in [1.807, 2.05) is 43.3 Å². The molecular formula is C25H36N2O2. The number of carbonyl (C=O) groups is 1. The Hall–Kier alpha value is -2.49. The van der Waals surface area contributed by atoms with E-state index in [1.165, 1.54) is 31.2 Å². The van der Waals surface area contributed by atoms with Crippen LogP contribution in [0.2, 0.25) is 0 Å². The van der Waals surface area contributed by atoms with Gasteiger partial charge in [0.25, 0.3) is 0 Å². The Bertz CT molecular complexity index is 799. The summed E-state index contributed by atoms with van der Waals surface area (Å²) < 4.78 is 0. The number of aromatic hydroxyl groups is 1. The van der Waals surface area contributed by atoms with Crippen LogP contribution >= 0.6 is 0 Å². The number of phenols is 1. The second-order valence-electron chi connectivity index (χ2n) is 8.34. The zero-order valence-corrected chi connectivity index (χ0v) is 18.3. The zero-order chi connectivity index (χ0) is 21.3. The van der Waals surface area contributed by atoms with Crippen molar-refractivity contribution in [1.82, 2.24) is 10.6 Å². The summed E-state index contributed by atoms with van der Waals surface area (Å²) in [6.07, 6.45) is 6.12. The van der Waals surface area contributed by atoms with Crippen molar-refractivity contribution in [3.63, 3.8) is 0 Å². The monoisotopic (exact) mass is 396 g/mol. The highest BCUT2D eigenvalue weighted by Gasteiger charge is 2.21. The number of urea groups is 1. The van der Waals surface area contributed by atoms with Crippen LogP contribution in [0, 0.1) is 0 Å². The minimum atomic E-state index is -0.175. The van der Waals surface area contributed by atoms with Gasteiger partial charge in [-0.05, 0) is 47.6 Å². The fraction of sp³-hybridized carbons (Fsp3) is 0.480. The van der Waals surface area contributed by atoms with E-state index < -0.39 is 0 Å². The number of hydrogen-bond acceptors (Lipinski definition) is 2. The van der Waals surface area contributed by atoms with Crippen LogP contribution in [0.3, 0.4) is 0 Å². The summed E-state index contributed by atoms with van der Waals surface area (Å²) in [5, 5.41) is 16.3. The van der Waals surface area contributed by atoms with Gasteiger partial charge in [0.2, 0.25) is 0 Å². The molecule has 2 aromatic rings. The van der Waals surface area contributed by atoms with Crippen LogP contribution in [0.5, 0.6) is 5.75 Å². The molecule has 0 radical (unpaired) electrons. The second-order valence-corrected chi connectivity index (χ2v) is 8.34. The molecule has 0 aliphatic heterocycles. The molecule has 3 N–H and O–H groups in total. The highest BCUT2D eigenvalue weighted by molar-refractivity contribution is 5.74. The van der Waals surface area contributed by atoms with Gasteiger partial charge in [0, 0.05) is 18.7 Å². The predicted molar refractivity (Wildman–Crippen MR) is 121 cm³/mol. The first-order chi connectivity index (χ1) is 13.9. The largest absolute Gasteiger partial charge is 0.507 e. The lowest BCUT2D eigenvalue weighted by Crippen LogP contribution is -2.34. The van der Waals surface area contributed by atoms with E-state index in [-0.39, 0.29) is 11.4 Å². The van der Waals surface area contributed by atoms with Gasteiger partial charge in [-0.25, -0.2) is 4.79 Å². The molecule has 0 heterocycles. The van der Waals surface area contributed by atoms with E-state index in [0.717, 1.165) is 23.1 Å². The Morgan fingerprint density at radius 1 is 1.00 bits per heavy atom. The maximum absolute atomic E-state index is 11.6. The van der Waals surface area contributed by atoms with Gasteiger partial charge in [0.05, 0.1) is 0 Å². The van der Waals surface area contributed by atoms with E-state index >= 15 is 0 Å². The number of carbonyl (C=O) groups excluding carboxylic acids is 1. The molecule has 2 amide bonds. The molecule has 0 saturated heterocycles. The van der Waals surface area contributed by atoms with Crippen molar-refractivity contribution >= 4 is 6.03 Å². The van der Waals surface area contributed by atoms with Gasteiger partial charge in [-0.1, -0.05) is 76.8 Å². The number of unbranched alkanes of at least 4 members (excludes halogenated alkanes) is 3. The van der Waals surface area contributed by atoms with Gasteiger partial charge in [0.15, 0.2) is 0 Å². The number of benzene rings is 2. The second kappa shape index (κ2) is 10.9. The minimum absolute atomic E-state index is 0.0438. The van der Waals surface area contributed by atoms with Gasteiger partial charge in [-0.15, -0.1) is 0 Å². The number of rotatable bonds is 10. The normalized spacial score (nSPS) is 11.3. The molecule has 0 aromatic heterocycles. The smallest absolute Gasteiger partial charge is 0.315 e. The van der Waals surface area contributed by atoms with Crippen molar-refractivity contribution in [2.75, 3.05) is 6.54 Å². The molecule has 0 atom stereocenters. The van der Waals surface area contributed by atoms with Gasteiger partial charge in [-0.2, -0.15) is 0 Å². The Kier molecular flexibility index (Phi) is 8.56. The molecule has 0 aliphatic carbocycles. The van der Waals surface area contributed by atoms with Crippen LogP contribution in [0.25, 0.3) is 11.1 Å². The molecule has 29 heavy (non-hydrogen) atoms. The lowest BCUT2D eigenvalue weighted by atomic mass is 9.79. The SMILES string of the molecule is CCCCCCC(C)(C)c1ccc(-c2cccc(CNC(=O)NCC)c2)c(O)c1. The molecule has 4 nitrogen and oxygen atoms in total. The van der Waals surface area contributed by atoms with Crippen molar-refractivity contribution in [2.24, 2.45) is 0 Å². The van der Waals surface area contributed by atoms with Crippen molar-refractivity contribution in [3.05, 3.63) is 53.6 Å². The van der Waals surface area contributed by atoms with E-state index in [9.17, 15) is 9.90 Å². The van der Waals surface area contributed by atoms with Crippen LogP contribution in [-0.2, 0) is 12.0 Å². The van der Waals surface area contributed by atoms with Crippen molar-refractivity contribution in [2.45, 2.75) is 71.8 Å². The summed E-state index contributed by atoms with van der Waals surface area (Å²) in [4.78, 5) is 11.6. The van der Waals surface area contributed by atoms with Gasteiger partial charge >= 0.3 is 6.03 Å². The van der Waals surface area contributed by atoms with E-state index in [1.54, 1.807) is 0 Å². The molecule has 158 valence electrons. The maximum atomic E-state index is 11.6. The van der Waals surface area contributed by atoms with Crippen LogP contribution in [0.1, 0.15) is 70.9 Å². The average molecular weight is 397 g/mol. The van der Waals surface area contributed by atoms with Gasteiger partial charge < -0.3 is 15.7 Å². The Morgan fingerprint density at radius 2 is 1.79 bits per heavy atom. The maximum Gasteiger partial charge on any atom is 0.315 e. The van der Waals surface area contributed by atoms with Crippen LogP contribution < -0.4 is 10.6 Å². The standard InChI is InChI=1S/C25H36N2O2/c1-5-7-8-9-15-25(3,4)21-13-14-22(23(28)17-21)20-12-10-11-19(16-20)18-27-24(29)26-6-2/h10-14,16-17,28H,5-9,15,18H2,1-4H3,(H2,26,27,29). The van der Waals surface area contributed by atoms with Crippen LogP contribution in [-0.4, -0.2) is 17.7 Å². The summed E-state index contributed by atoms with van der Waals surface area (Å²) in [5.74, 6) is 0.304. The van der Waals surface area contributed by atoms with Crippen molar-refractivity contribution in [1.29, 1.82) is 0 Å². The highest BCUT2D eigenvalue weighted by Crippen LogP contribution is 2.36. The molecule has 2 aromatic carbocycles. The Labute approximate surface area is 175 Å². The fourth-order valence-corrected chi connectivity index (χ4v) is 3.59. The molecule has 0 unspecified atom stereocenters. The molecule has 0 fully saturated rings. The van der Waals surface area contributed by atoms with Crippen molar-refractivity contribution in [3.8, 4) is 16.9 Å². The number of amides is 2. The zero-order valence-electron chi connectivity index (χ0n) is 18.3. The summed E-state index contributed by atoms with van der Waals surface area (Å²) in [7, 11) is 0. The van der Waals surface area contributed by atoms with Gasteiger partial charge in [-0.3, -0.25) is 0 Å². The van der Waals surface area contributed by atoms with Crippen LogP contribution in [0.15, 0.2) is 42.5 Å². The fourth-order valence-electron chi connectivity index (χ4n) is 3.59. The average Bonchev–Trinajstić information content (AvgIpc) is 2.70. The molecule has 0 bridgehead atoms. The summed E-state index contributed by atoms with van der Waals surface area (Å²) in [6, 6.07) is 13.8. The van der Waals surface area contributed by atoms with E-state index in [2.05, 4.69) is 37.5 Å². The number of phenolic OH excluding ortho intramolecular Hbond substituents is 1. The first kappa shape index (κ1) is 22.8. The minimum Gasteiger partial charge on any atom is -0.507 e. The third kappa shape index (κ3) is 6.81. The summed E-state index contributed by atoms with van der Waals surface area (Å²) in [6.45, 7) is 9.67. The lowest BCUT2D eigenvalue weighted by molar-refractivity contribution is 0.241. The number of hydrogen-bond donors (Lipinski definition) is 3.